The minimum absolute atomic E-state index is 0.0376. The normalized spacial score (nSPS) is 11.7. The van der Waals surface area contributed by atoms with Crippen molar-refractivity contribution in [2.24, 2.45) is 5.73 Å². The van der Waals surface area contributed by atoms with E-state index in [-0.39, 0.29) is 12.3 Å². The van der Waals surface area contributed by atoms with E-state index in [0.29, 0.717) is 11.1 Å². The van der Waals surface area contributed by atoms with E-state index in [1.165, 1.54) is 22.3 Å². The number of hydrogen-bond donors (Lipinski definition) is 1. The Balaban J connectivity index is 1.56. The molecule has 25 heavy (non-hydrogen) atoms. The zero-order chi connectivity index (χ0) is 17.4. The van der Waals surface area contributed by atoms with Gasteiger partial charge in [-0.3, -0.25) is 9.59 Å². The first-order valence-electron chi connectivity index (χ1n) is 8.15. The van der Waals surface area contributed by atoms with E-state index in [0.717, 1.165) is 6.42 Å². The number of fused-ring (bicyclic) bond motifs is 3. The summed E-state index contributed by atoms with van der Waals surface area (Å²) in [5, 5.41) is 0. The number of nitrogens with zero attached hydrogens (tertiary/aromatic N) is 1. The van der Waals surface area contributed by atoms with Gasteiger partial charge in [0, 0.05) is 17.7 Å². The number of rotatable bonds is 4. The van der Waals surface area contributed by atoms with Gasteiger partial charge in [0.1, 0.15) is 0 Å². The lowest BCUT2D eigenvalue weighted by Gasteiger charge is -2.04. The SMILES string of the molecule is NC(=O)c1cc[n+](CC(=O)c2ccc3c(c2)Cc2ccccc2-3)cc1. The zero-order valence-corrected chi connectivity index (χ0v) is 13.6. The van der Waals surface area contributed by atoms with Crippen LogP contribution >= 0.6 is 0 Å². The van der Waals surface area contributed by atoms with Crippen molar-refractivity contribution in [3.05, 3.63) is 89.2 Å². The molecule has 0 bridgehead atoms. The van der Waals surface area contributed by atoms with Crippen LogP contribution in [0.4, 0.5) is 0 Å². The van der Waals surface area contributed by atoms with Crippen molar-refractivity contribution in [3.63, 3.8) is 0 Å². The summed E-state index contributed by atoms with van der Waals surface area (Å²) in [7, 11) is 0. The lowest BCUT2D eigenvalue weighted by molar-refractivity contribution is -0.683. The number of ketones is 1. The molecule has 1 aliphatic carbocycles. The van der Waals surface area contributed by atoms with Gasteiger partial charge >= 0.3 is 0 Å². The van der Waals surface area contributed by atoms with E-state index in [1.807, 2.05) is 30.3 Å². The van der Waals surface area contributed by atoms with Gasteiger partial charge in [0.05, 0.1) is 5.56 Å². The number of nitrogens with two attached hydrogens (primary N) is 1. The van der Waals surface area contributed by atoms with Gasteiger partial charge in [0.15, 0.2) is 12.4 Å². The van der Waals surface area contributed by atoms with Crippen LogP contribution in [-0.4, -0.2) is 11.7 Å². The number of carbonyl (C=O) groups excluding carboxylic acids is 2. The molecule has 0 aliphatic heterocycles. The molecular formula is C21H17N2O2+. The maximum atomic E-state index is 12.6. The summed E-state index contributed by atoms with van der Waals surface area (Å²) in [5.41, 5.74) is 11.3. The Hall–Kier alpha value is -3.27. The Morgan fingerprint density at radius 1 is 0.880 bits per heavy atom. The molecule has 1 heterocycles. The number of hydrogen-bond acceptors (Lipinski definition) is 2. The first-order chi connectivity index (χ1) is 12.1. The Morgan fingerprint density at radius 2 is 1.60 bits per heavy atom. The quantitative estimate of drug-likeness (QED) is 0.462. The molecule has 0 radical (unpaired) electrons. The first kappa shape index (κ1) is 15.3. The molecule has 1 aliphatic rings. The predicted octanol–water partition coefficient (Wildman–Crippen LogP) is 2.53. The van der Waals surface area contributed by atoms with Crippen LogP contribution in [0.3, 0.4) is 0 Å². The van der Waals surface area contributed by atoms with Crippen LogP contribution < -0.4 is 10.3 Å². The van der Waals surface area contributed by atoms with Gasteiger partial charge in [-0.25, -0.2) is 0 Å². The molecule has 1 aromatic heterocycles. The van der Waals surface area contributed by atoms with E-state index >= 15 is 0 Å². The van der Waals surface area contributed by atoms with Crippen molar-refractivity contribution in [1.29, 1.82) is 0 Å². The lowest BCUT2D eigenvalue weighted by Crippen LogP contribution is -2.37. The molecule has 2 aromatic carbocycles. The number of benzene rings is 2. The van der Waals surface area contributed by atoms with E-state index in [4.69, 9.17) is 5.73 Å². The van der Waals surface area contributed by atoms with Gasteiger partial charge in [-0.05, 0) is 34.7 Å². The number of Topliss-reactive ketones (excluding diaryl/α,β-unsaturated/α-hetero) is 1. The summed E-state index contributed by atoms with van der Waals surface area (Å²) in [5.74, 6) is -0.438. The van der Waals surface area contributed by atoms with E-state index in [9.17, 15) is 9.59 Å². The molecule has 4 heteroatoms. The molecule has 0 fully saturated rings. The summed E-state index contributed by atoms with van der Waals surface area (Å²) in [6, 6.07) is 17.5. The number of pyridine rings is 1. The van der Waals surface area contributed by atoms with Crippen molar-refractivity contribution >= 4 is 11.7 Å². The van der Waals surface area contributed by atoms with Crippen molar-refractivity contribution in [2.75, 3.05) is 0 Å². The second-order valence-electron chi connectivity index (χ2n) is 6.25. The standard InChI is InChI=1S/C21H16N2O2/c22-21(25)14-7-9-23(10-8-14)13-20(24)16-5-6-19-17(12-16)11-15-3-1-2-4-18(15)19/h1-10,12H,11,13H2,(H-,22,25)/p+1. The number of aromatic nitrogens is 1. The van der Waals surface area contributed by atoms with Crippen molar-refractivity contribution < 1.29 is 14.2 Å². The maximum Gasteiger partial charge on any atom is 0.249 e. The summed E-state index contributed by atoms with van der Waals surface area (Å²) in [6.07, 6.45) is 4.26. The summed E-state index contributed by atoms with van der Waals surface area (Å²) < 4.78 is 1.75. The molecule has 0 saturated heterocycles. The fourth-order valence-corrected chi connectivity index (χ4v) is 3.30. The Kier molecular flexibility index (Phi) is 3.65. The third-order valence-corrected chi connectivity index (χ3v) is 4.62. The molecule has 122 valence electrons. The average molecular weight is 329 g/mol. The number of amides is 1. The Morgan fingerprint density at radius 3 is 2.36 bits per heavy atom. The highest BCUT2D eigenvalue weighted by Crippen LogP contribution is 2.36. The van der Waals surface area contributed by atoms with Crippen LogP contribution in [0.5, 0.6) is 0 Å². The second kappa shape index (κ2) is 5.98. The predicted molar refractivity (Wildman–Crippen MR) is 94.2 cm³/mol. The first-order valence-corrected chi connectivity index (χ1v) is 8.15. The van der Waals surface area contributed by atoms with Gasteiger partial charge in [-0.1, -0.05) is 36.4 Å². The summed E-state index contributed by atoms with van der Waals surface area (Å²) in [4.78, 5) is 23.7. The van der Waals surface area contributed by atoms with E-state index in [2.05, 4.69) is 12.1 Å². The molecule has 0 atom stereocenters. The van der Waals surface area contributed by atoms with Crippen LogP contribution in [0.1, 0.15) is 31.8 Å². The third kappa shape index (κ3) is 2.83. The molecule has 0 unspecified atom stereocenters. The van der Waals surface area contributed by atoms with Crippen LogP contribution in [0.2, 0.25) is 0 Å². The minimum atomic E-state index is -0.475. The fraction of sp³-hybridized carbons (Fsp3) is 0.0952. The van der Waals surface area contributed by atoms with Gasteiger partial charge in [0.2, 0.25) is 18.2 Å². The van der Waals surface area contributed by atoms with Crippen molar-refractivity contribution in [1.82, 2.24) is 0 Å². The second-order valence-corrected chi connectivity index (χ2v) is 6.25. The maximum absolute atomic E-state index is 12.6. The number of primary amides is 1. The van der Waals surface area contributed by atoms with Crippen LogP contribution in [0, 0.1) is 0 Å². The van der Waals surface area contributed by atoms with Crippen molar-refractivity contribution in [2.45, 2.75) is 13.0 Å². The monoisotopic (exact) mass is 329 g/mol. The van der Waals surface area contributed by atoms with Gasteiger partial charge in [0.25, 0.3) is 0 Å². The Bertz CT molecular complexity index is 991. The largest absolute Gasteiger partial charge is 0.366 e. The summed E-state index contributed by atoms with van der Waals surface area (Å²) >= 11 is 0. The molecule has 3 aromatic rings. The number of carbonyl (C=O) groups is 2. The highest BCUT2D eigenvalue weighted by atomic mass is 16.1. The van der Waals surface area contributed by atoms with Gasteiger partial charge < -0.3 is 5.73 Å². The van der Waals surface area contributed by atoms with Crippen LogP contribution in [-0.2, 0) is 13.0 Å². The van der Waals surface area contributed by atoms with Gasteiger partial charge in [-0.15, -0.1) is 0 Å². The van der Waals surface area contributed by atoms with Crippen molar-refractivity contribution in [3.8, 4) is 11.1 Å². The highest BCUT2D eigenvalue weighted by molar-refractivity contribution is 5.96. The lowest BCUT2D eigenvalue weighted by atomic mass is 10.0. The minimum Gasteiger partial charge on any atom is -0.366 e. The molecule has 0 saturated carbocycles. The van der Waals surface area contributed by atoms with E-state index in [1.54, 1.807) is 29.1 Å². The average Bonchev–Trinajstić information content (AvgIpc) is 3.00. The van der Waals surface area contributed by atoms with E-state index < -0.39 is 5.91 Å². The molecular weight excluding hydrogens is 312 g/mol. The summed E-state index contributed by atoms with van der Waals surface area (Å²) in [6.45, 7) is 0.227. The fourth-order valence-electron chi connectivity index (χ4n) is 3.30. The molecule has 2 N–H and O–H groups in total. The highest BCUT2D eigenvalue weighted by Gasteiger charge is 2.20. The zero-order valence-electron chi connectivity index (χ0n) is 13.6. The topological polar surface area (TPSA) is 64.0 Å². The smallest absolute Gasteiger partial charge is 0.249 e. The molecule has 4 nitrogen and oxygen atoms in total. The Labute approximate surface area is 145 Å². The van der Waals surface area contributed by atoms with Crippen LogP contribution in [0.25, 0.3) is 11.1 Å². The molecule has 1 amide bonds. The molecule has 0 spiro atoms. The van der Waals surface area contributed by atoms with Crippen LogP contribution in [0.15, 0.2) is 67.0 Å². The molecule has 4 rings (SSSR count). The third-order valence-electron chi connectivity index (χ3n) is 4.62. The van der Waals surface area contributed by atoms with Gasteiger partial charge in [-0.2, -0.15) is 4.57 Å².